The Bertz CT molecular complexity index is 1380. The van der Waals surface area contributed by atoms with E-state index in [0.717, 1.165) is 34.4 Å². The molecule has 1 saturated carbocycles. The van der Waals surface area contributed by atoms with Gasteiger partial charge in [0.25, 0.3) is 6.43 Å². The molecular weight excluding hydrogens is 580 g/mol. The second kappa shape index (κ2) is 17.4. The van der Waals surface area contributed by atoms with Gasteiger partial charge in [-0.2, -0.15) is 6.08 Å². The molecule has 1 amide bonds. The number of ether oxygens (including phenoxy) is 1. The van der Waals surface area contributed by atoms with Gasteiger partial charge in [0.2, 0.25) is 0 Å². The summed E-state index contributed by atoms with van der Waals surface area (Å²) in [4.78, 5) is 32.2. The molecule has 0 unspecified atom stereocenters. The van der Waals surface area contributed by atoms with Gasteiger partial charge in [-0.15, -0.1) is 29.5 Å². The number of allylic oxidation sites excluding steroid dienone is 1. The quantitative estimate of drug-likeness (QED) is 0.124. The molecule has 0 aromatic carbocycles. The number of anilines is 1. The third-order valence-electron chi connectivity index (χ3n) is 4.93. The monoisotopic (exact) mass is 598 g/mol. The average molecular weight is 599 g/mol. The van der Waals surface area contributed by atoms with Gasteiger partial charge in [-0.25, -0.2) is 13.9 Å². The van der Waals surface area contributed by atoms with Crippen molar-refractivity contribution in [1.29, 1.82) is 0 Å². The van der Waals surface area contributed by atoms with Gasteiger partial charge in [-0.3, -0.25) is 21.0 Å². The molecule has 0 spiro atoms. The molecule has 0 aliphatic heterocycles. The first-order valence-electron chi connectivity index (χ1n) is 11.0. The molecule has 1 fully saturated rings. The molecular formula is C26H19F2LiN6NiO3S-2. The van der Waals surface area contributed by atoms with Crippen molar-refractivity contribution in [3.05, 3.63) is 70.8 Å². The van der Waals surface area contributed by atoms with Crippen molar-refractivity contribution in [3.8, 4) is 28.7 Å². The topological polar surface area (TPSA) is 120 Å². The van der Waals surface area contributed by atoms with Crippen molar-refractivity contribution in [1.82, 2.24) is 20.2 Å². The van der Waals surface area contributed by atoms with Gasteiger partial charge in [0.15, 0.2) is 5.91 Å². The fourth-order valence-electron chi connectivity index (χ4n) is 2.95. The van der Waals surface area contributed by atoms with Gasteiger partial charge in [-0.1, -0.05) is 17.8 Å². The molecule has 0 bridgehead atoms. The number of carbonyl (C=O) groups excluding carboxylic acids is 2. The van der Waals surface area contributed by atoms with Gasteiger partial charge < -0.3 is 49.3 Å². The van der Waals surface area contributed by atoms with Crippen LogP contribution in [0, 0.1) is 36.3 Å². The fourth-order valence-corrected chi connectivity index (χ4v) is 3.31. The van der Waals surface area contributed by atoms with E-state index in [1.165, 1.54) is 37.4 Å². The van der Waals surface area contributed by atoms with Crippen molar-refractivity contribution in [3.63, 3.8) is 0 Å². The van der Waals surface area contributed by atoms with Gasteiger partial charge in [0.05, 0.1) is 19.6 Å². The molecule has 4 rings (SSSR count). The Morgan fingerprint density at radius 1 is 1.35 bits per heavy atom. The molecule has 1 aliphatic rings. The van der Waals surface area contributed by atoms with E-state index in [1.54, 1.807) is 6.29 Å². The van der Waals surface area contributed by atoms with E-state index in [1.807, 2.05) is 0 Å². The maximum Gasteiger partial charge on any atom is 2.00 e. The first-order chi connectivity index (χ1) is 18.4. The summed E-state index contributed by atoms with van der Waals surface area (Å²) in [5.74, 6) is 6.27. The van der Waals surface area contributed by atoms with E-state index >= 15 is 0 Å². The summed E-state index contributed by atoms with van der Waals surface area (Å²) in [6.07, 6.45) is 7.56. The van der Waals surface area contributed by atoms with E-state index in [9.17, 15) is 18.4 Å². The minimum Gasteiger partial charge on any atom is -0.911 e. The predicted octanol–water partition coefficient (Wildman–Crippen LogP) is 0.816. The summed E-state index contributed by atoms with van der Waals surface area (Å²) < 4.78 is 31.3. The van der Waals surface area contributed by atoms with E-state index < -0.39 is 18.0 Å². The molecule has 0 saturated heterocycles. The zero-order chi connectivity index (χ0) is 27.5. The second-order valence-electron chi connectivity index (χ2n) is 7.46. The smallest absolute Gasteiger partial charge is 0.911 e. The molecule has 0 N–H and O–H groups in total. The number of carbonyl (C=O) groups is 1. The van der Waals surface area contributed by atoms with Crippen LogP contribution in [-0.4, -0.2) is 52.2 Å². The van der Waals surface area contributed by atoms with Crippen LogP contribution in [0.25, 0.3) is 16.5 Å². The van der Waals surface area contributed by atoms with Crippen molar-refractivity contribution >= 4 is 35.6 Å². The van der Waals surface area contributed by atoms with Crippen LogP contribution in [0.3, 0.4) is 0 Å². The number of halogens is 2. The summed E-state index contributed by atoms with van der Waals surface area (Å²) >= 11 is 1.37. The SMILES string of the molecule is C(#CC1CC1)c1nn[c-]s1.[CH2-]CN(C(=O)[C-]=CC=[N-])c1cc(-c2cc(C(F)F)ncc2OC)c([C-]=O)cn1.[Li+].[Ni+2]. The van der Waals surface area contributed by atoms with E-state index in [2.05, 4.69) is 50.5 Å². The number of rotatable bonds is 8. The summed E-state index contributed by atoms with van der Waals surface area (Å²) in [6, 6.07) is 2.44. The first kappa shape index (κ1) is 34.7. The Morgan fingerprint density at radius 3 is 2.65 bits per heavy atom. The van der Waals surface area contributed by atoms with E-state index in [4.69, 9.17) is 10.1 Å². The normalized spacial score (nSPS) is 11.6. The van der Waals surface area contributed by atoms with Gasteiger partial charge in [0, 0.05) is 10.9 Å². The van der Waals surface area contributed by atoms with Crippen LogP contribution < -0.4 is 28.5 Å². The Kier molecular flexibility index (Phi) is 15.1. The minimum absolute atomic E-state index is 0. The summed E-state index contributed by atoms with van der Waals surface area (Å²) in [5.41, 5.74) is 2.46. The maximum absolute atomic E-state index is 13.1. The predicted molar refractivity (Wildman–Crippen MR) is 137 cm³/mol. The molecule has 3 aromatic rings. The van der Waals surface area contributed by atoms with Gasteiger partial charge in [-0.05, 0) is 24.5 Å². The largest absolute Gasteiger partial charge is 2.00 e. The number of pyridine rings is 2. The molecule has 14 heteroatoms. The van der Waals surface area contributed by atoms with Crippen LogP contribution in [0.2, 0.25) is 0 Å². The second-order valence-corrected chi connectivity index (χ2v) is 8.23. The molecule has 40 heavy (non-hydrogen) atoms. The number of hydrogen-bond acceptors (Lipinski definition) is 8. The Balaban J connectivity index is 0.000000557. The molecule has 204 valence electrons. The van der Waals surface area contributed by atoms with Crippen LogP contribution >= 0.6 is 11.3 Å². The summed E-state index contributed by atoms with van der Waals surface area (Å²) in [5, 5.41) is 16.8. The van der Waals surface area contributed by atoms with E-state index in [0.29, 0.717) is 12.1 Å². The number of nitrogens with zero attached hydrogens (tertiary/aromatic N) is 6. The molecule has 0 atom stereocenters. The number of aromatic nitrogens is 4. The third-order valence-corrected chi connectivity index (χ3v) is 5.48. The maximum atomic E-state index is 13.1. The number of hydrogen-bond donors (Lipinski definition) is 0. The van der Waals surface area contributed by atoms with Crippen molar-refractivity contribution in [2.45, 2.75) is 19.3 Å². The molecule has 1 aliphatic carbocycles. The Labute approximate surface area is 256 Å². The third kappa shape index (κ3) is 9.72. The molecule has 3 heterocycles. The van der Waals surface area contributed by atoms with Crippen molar-refractivity contribution in [2.75, 3.05) is 18.6 Å². The minimum atomic E-state index is -2.83. The van der Waals surface area contributed by atoms with Crippen LogP contribution in [-0.2, 0) is 26.1 Å². The summed E-state index contributed by atoms with van der Waals surface area (Å²) in [7, 11) is 1.33. The molecule has 0 radical (unpaired) electrons. The number of alkyl halides is 2. The van der Waals surface area contributed by atoms with Crippen LogP contribution in [0.5, 0.6) is 5.75 Å². The Hall–Kier alpha value is -3.28. The number of amides is 1. The van der Waals surface area contributed by atoms with Crippen LogP contribution in [0.4, 0.5) is 14.6 Å². The zero-order valence-corrected chi connectivity index (χ0v) is 23.1. The van der Waals surface area contributed by atoms with Crippen LogP contribution in [0.15, 0.2) is 30.6 Å². The van der Waals surface area contributed by atoms with Crippen molar-refractivity contribution in [2.24, 2.45) is 5.92 Å². The average Bonchev–Trinajstić information content (AvgIpc) is 3.63. The zero-order valence-electron chi connectivity index (χ0n) is 21.3. The van der Waals surface area contributed by atoms with Crippen molar-refractivity contribution < 1.29 is 58.5 Å². The van der Waals surface area contributed by atoms with Gasteiger partial charge in [0.1, 0.15) is 17.3 Å². The first-order valence-corrected chi connectivity index (χ1v) is 11.8. The van der Waals surface area contributed by atoms with Crippen LogP contribution in [0.1, 0.15) is 35.5 Å². The molecule has 9 nitrogen and oxygen atoms in total. The van der Waals surface area contributed by atoms with E-state index in [-0.39, 0.29) is 70.2 Å². The standard InChI is InChI=1S/C19H14F2N4O3.C7H5N2S.Li.Ni/c1-3-25(18(27)5-4-6-22)17-8-13(12(11-26)9-24-17)14-7-15(19(20)21)23-10-16(14)28-2;1-2-6(1)3-4-7-9-8-5-10-7;;/h4,6-10,19H,1,3H2,2H3;6H,1-2H2;;/q-4;-1;+1;+2. The van der Waals surface area contributed by atoms with Gasteiger partial charge >= 0.3 is 35.4 Å². The molecule has 3 aromatic heterocycles. The fraction of sp³-hybridized carbons (Fsp3) is 0.231. The number of methoxy groups -OCH3 is 1. The summed E-state index contributed by atoms with van der Waals surface area (Å²) in [6.45, 7) is 3.59. The Morgan fingerprint density at radius 2 is 2.10 bits per heavy atom.